The van der Waals surface area contributed by atoms with Gasteiger partial charge in [-0.2, -0.15) is 0 Å². The van der Waals surface area contributed by atoms with Crippen LogP contribution in [0.15, 0.2) is 60.8 Å². The van der Waals surface area contributed by atoms with E-state index in [4.69, 9.17) is 0 Å². The lowest BCUT2D eigenvalue weighted by atomic mass is 10.1. The molecule has 1 aliphatic heterocycles. The molecule has 116 valence electrons. The number of benzene rings is 1. The number of rotatable bonds is 2. The van der Waals surface area contributed by atoms with Crippen molar-refractivity contribution >= 4 is 5.91 Å². The molecular formula is C19H19N3O. The molecule has 4 rings (SSSR count). The molecule has 0 spiro atoms. The van der Waals surface area contributed by atoms with Crippen molar-refractivity contribution in [3.63, 3.8) is 0 Å². The molecule has 3 heterocycles. The van der Waals surface area contributed by atoms with Crippen LogP contribution in [0.2, 0.25) is 0 Å². The average Bonchev–Trinajstić information content (AvgIpc) is 3.25. The van der Waals surface area contributed by atoms with E-state index in [1.165, 1.54) is 5.69 Å². The Morgan fingerprint density at radius 2 is 1.87 bits per heavy atom. The van der Waals surface area contributed by atoms with Crippen molar-refractivity contribution in [3.8, 4) is 11.3 Å². The van der Waals surface area contributed by atoms with Crippen molar-refractivity contribution in [2.45, 2.75) is 19.5 Å². The third-order valence-corrected chi connectivity index (χ3v) is 4.60. The zero-order chi connectivity index (χ0) is 15.8. The van der Waals surface area contributed by atoms with Crippen LogP contribution >= 0.6 is 0 Å². The predicted octanol–water partition coefficient (Wildman–Crippen LogP) is 3.70. The molecule has 2 aromatic heterocycles. The van der Waals surface area contributed by atoms with E-state index >= 15 is 0 Å². The number of amides is 1. The number of carbonyl (C=O) groups is 1. The first-order valence-corrected chi connectivity index (χ1v) is 7.94. The monoisotopic (exact) mass is 305 g/mol. The zero-order valence-electron chi connectivity index (χ0n) is 13.1. The van der Waals surface area contributed by atoms with Crippen LogP contribution in [-0.2, 0) is 6.54 Å². The molecule has 0 saturated heterocycles. The molecule has 0 aliphatic carbocycles. The van der Waals surface area contributed by atoms with Gasteiger partial charge in [0, 0.05) is 30.7 Å². The van der Waals surface area contributed by atoms with Crippen LogP contribution in [0.5, 0.6) is 0 Å². The number of aromatic nitrogens is 2. The van der Waals surface area contributed by atoms with Gasteiger partial charge in [-0.25, -0.2) is 0 Å². The second-order valence-electron chi connectivity index (χ2n) is 5.95. The fourth-order valence-electron chi connectivity index (χ4n) is 3.32. The molecule has 3 aromatic rings. The molecule has 0 fully saturated rings. The normalized spacial score (nSPS) is 17.1. The molecular weight excluding hydrogens is 286 g/mol. The van der Waals surface area contributed by atoms with Crippen molar-refractivity contribution in [2.24, 2.45) is 0 Å². The molecule has 0 unspecified atom stereocenters. The van der Waals surface area contributed by atoms with Gasteiger partial charge in [-0.15, -0.1) is 0 Å². The molecule has 23 heavy (non-hydrogen) atoms. The first-order valence-electron chi connectivity index (χ1n) is 7.94. The number of carbonyl (C=O) groups excluding carboxylic acids is 1. The van der Waals surface area contributed by atoms with Crippen LogP contribution in [0.4, 0.5) is 0 Å². The smallest absolute Gasteiger partial charge is 0.270 e. The van der Waals surface area contributed by atoms with Gasteiger partial charge >= 0.3 is 0 Å². The second kappa shape index (κ2) is 5.47. The first-order chi connectivity index (χ1) is 11.2. The van der Waals surface area contributed by atoms with Crippen LogP contribution in [-0.4, -0.2) is 26.9 Å². The Hall–Kier alpha value is -2.75. The van der Waals surface area contributed by atoms with Crippen molar-refractivity contribution in [1.29, 1.82) is 0 Å². The van der Waals surface area contributed by atoms with Crippen molar-refractivity contribution in [1.82, 2.24) is 14.5 Å². The first kappa shape index (κ1) is 13.9. The largest absolute Gasteiger partial charge is 0.351 e. The molecule has 0 radical (unpaired) electrons. The van der Waals surface area contributed by atoms with Gasteiger partial charge in [0.1, 0.15) is 5.69 Å². The van der Waals surface area contributed by atoms with Gasteiger partial charge < -0.3 is 14.5 Å². The van der Waals surface area contributed by atoms with E-state index in [1.54, 1.807) is 0 Å². The number of H-pyrrole nitrogens is 1. The average molecular weight is 305 g/mol. The summed E-state index contributed by atoms with van der Waals surface area (Å²) in [6, 6.07) is 18.1. The number of fused-ring (bicyclic) bond motifs is 1. The molecule has 1 aliphatic rings. The van der Waals surface area contributed by atoms with Crippen LogP contribution < -0.4 is 0 Å². The minimum absolute atomic E-state index is 0.0622. The second-order valence-corrected chi connectivity index (χ2v) is 5.95. The summed E-state index contributed by atoms with van der Waals surface area (Å²) in [7, 11) is 0. The lowest BCUT2D eigenvalue weighted by molar-refractivity contribution is 0.0638. The van der Waals surface area contributed by atoms with Crippen LogP contribution in [0.25, 0.3) is 11.3 Å². The fourth-order valence-corrected chi connectivity index (χ4v) is 3.32. The van der Waals surface area contributed by atoms with E-state index in [0.29, 0.717) is 5.69 Å². The van der Waals surface area contributed by atoms with Crippen LogP contribution in [0.3, 0.4) is 0 Å². The van der Waals surface area contributed by atoms with Crippen LogP contribution in [0.1, 0.15) is 29.1 Å². The van der Waals surface area contributed by atoms with Crippen molar-refractivity contribution < 1.29 is 4.79 Å². The highest BCUT2D eigenvalue weighted by molar-refractivity contribution is 5.93. The summed E-state index contributed by atoms with van der Waals surface area (Å²) < 4.78 is 2.22. The Kier molecular flexibility index (Phi) is 3.30. The Morgan fingerprint density at radius 3 is 2.70 bits per heavy atom. The molecule has 0 bridgehead atoms. The van der Waals surface area contributed by atoms with Gasteiger partial charge in [-0.05, 0) is 36.8 Å². The summed E-state index contributed by atoms with van der Waals surface area (Å²) in [4.78, 5) is 18.1. The highest BCUT2D eigenvalue weighted by Gasteiger charge is 2.28. The standard InChI is InChI=1S/C19H19N3O/c1-14-18-8-5-11-21(18)12-13-22(14)19(23)17-10-9-16(20-17)15-6-3-2-4-7-15/h2-11,14,20H,12-13H2,1H3/t14-/m0/s1. The maximum absolute atomic E-state index is 12.9. The van der Waals surface area contributed by atoms with E-state index in [2.05, 4.69) is 28.7 Å². The van der Waals surface area contributed by atoms with Crippen LogP contribution in [0, 0.1) is 0 Å². The summed E-state index contributed by atoms with van der Waals surface area (Å²) in [5.41, 5.74) is 3.91. The van der Waals surface area contributed by atoms with Gasteiger partial charge in [-0.3, -0.25) is 4.79 Å². The van der Waals surface area contributed by atoms with E-state index in [-0.39, 0.29) is 11.9 Å². The highest BCUT2D eigenvalue weighted by atomic mass is 16.2. The van der Waals surface area contributed by atoms with Crippen molar-refractivity contribution in [3.05, 3.63) is 72.2 Å². The zero-order valence-corrected chi connectivity index (χ0v) is 13.1. The Morgan fingerprint density at radius 1 is 1.04 bits per heavy atom. The number of hydrogen-bond acceptors (Lipinski definition) is 1. The number of nitrogens with one attached hydrogen (secondary N) is 1. The minimum Gasteiger partial charge on any atom is -0.351 e. The number of aromatic amines is 1. The number of nitrogens with zero attached hydrogens (tertiary/aromatic N) is 2. The minimum atomic E-state index is 0.0622. The Bertz CT molecular complexity index is 831. The highest BCUT2D eigenvalue weighted by Crippen LogP contribution is 2.27. The summed E-state index contributed by atoms with van der Waals surface area (Å²) >= 11 is 0. The van der Waals surface area contributed by atoms with Gasteiger partial charge in [0.05, 0.1) is 6.04 Å². The predicted molar refractivity (Wildman–Crippen MR) is 90.1 cm³/mol. The van der Waals surface area contributed by atoms with E-state index < -0.39 is 0 Å². The topological polar surface area (TPSA) is 41.0 Å². The Balaban J connectivity index is 1.60. The van der Waals surface area contributed by atoms with Crippen molar-refractivity contribution in [2.75, 3.05) is 6.54 Å². The maximum atomic E-state index is 12.9. The van der Waals surface area contributed by atoms with Gasteiger partial charge in [0.25, 0.3) is 5.91 Å². The SMILES string of the molecule is C[C@H]1c2cccn2CCN1C(=O)c1ccc(-c2ccccc2)[nH]1. The molecule has 4 nitrogen and oxygen atoms in total. The summed E-state index contributed by atoms with van der Waals surface area (Å²) in [5.74, 6) is 0.0622. The van der Waals surface area contributed by atoms with Gasteiger partial charge in [0.2, 0.25) is 0 Å². The molecule has 1 aromatic carbocycles. The summed E-state index contributed by atoms with van der Waals surface area (Å²) in [6.45, 7) is 3.68. The lowest BCUT2D eigenvalue weighted by Gasteiger charge is -2.34. The molecule has 1 amide bonds. The summed E-state index contributed by atoms with van der Waals surface area (Å²) in [5, 5.41) is 0. The van der Waals surface area contributed by atoms with E-state index in [9.17, 15) is 4.79 Å². The third kappa shape index (κ3) is 2.36. The Labute approximate surface area is 135 Å². The van der Waals surface area contributed by atoms with Gasteiger partial charge in [-0.1, -0.05) is 30.3 Å². The van der Waals surface area contributed by atoms with Gasteiger partial charge in [0.15, 0.2) is 0 Å². The fraction of sp³-hybridized carbons (Fsp3) is 0.211. The van der Waals surface area contributed by atoms with E-state index in [1.807, 2.05) is 53.4 Å². The third-order valence-electron chi connectivity index (χ3n) is 4.60. The molecule has 1 atom stereocenters. The summed E-state index contributed by atoms with van der Waals surface area (Å²) in [6.07, 6.45) is 2.08. The maximum Gasteiger partial charge on any atom is 0.270 e. The van der Waals surface area contributed by atoms with E-state index in [0.717, 1.165) is 24.3 Å². The quantitative estimate of drug-likeness (QED) is 0.770. The number of hydrogen-bond donors (Lipinski definition) is 1. The lowest BCUT2D eigenvalue weighted by Crippen LogP contribution is -2.40. The molecule has 1 N–H and O–H groups in total. The molecule has 4 heteroatoms. The molecule has 0 saturated carbocycles.